The number of likely N-dealkylation sites (tertiary alicyclic amines) is 1. The molecule has 1 rings (SSSR count). The first kappa shape index (κ1) is 12.5. The van der Waals surface area contributed by atoms with Crippen molar-refractivity contribution >= 4 is 5.91 Å². The molecule has 0 bridgehead atoms. The molecule has 0 radical (unpaired) electrons. The van der Waals surface area contributed by atoms with E-state index in [4.69, 9.17) is 5.73 Å². The summed E-state index contributed by atoms with van der Waals surface area (Å²) in [4.78, 5) is 13.8. The summed E-state index contributed by atoms with van der Waals surface area (Å²) in [5, 5.41) is 0. The van der Waals surface area contributed by atoms with Crippen LogP contribution in [-0.2, 0) is 4.79 Å². The molecule has 1 aliphatic heterocycles. The number of rotatable bonds is 5. The summed E-state index contributed by atoms with van der Waals surface area (Å²) < 4.78 is 0. The van der Waals surface area contributed by atoms with Crippen LogP contribution in [0.1, 0.15) is 45.4 Å². The second-order valence-corrected chi connectivity index (χ2v) is 4.53. The van der Waals surface area contributed by atoms with Gasteiger partial charge in [-0.05, 0) is 38.1 Å². The van der Waals surface area contributed by atoms with Crippen LogP contribution in [0.15, 0.2) is 0 Å². The Balaban J connectivity index is 2.31. The topological polar surface area (TPSA) is 46.3 Å². The smallest absolute Gasteiger partial charge is 0.222 e. The number of hydrogen-bond acceptors (Lipinski definition) is 2. The van der Waals surface area contributed by atoms with Crippen molar-refractivity contribution in [2.24, 2.45) is 11.7 Å². The molecule has 1 atom stereocenters. The van der Waals surface area contributed by atoms with E-state index in [2.05, 4.69) is 6.92 Å². The molecule has 0 aromatic carbocycles. The second kappa shape index (κ2) is 6.83. The highest BCUT2D eigenvalue weighted by molar-refractivity contribution is 5.76. The third-order valence-corrected chi connectivity index (χ3v) is 3.19. The molecule has 0 aromatic heterocycles. The summed E-state index contributed by atoms with van der Waals surface area (Å²) in [6.45, 7) is 4.78. The van der Waals surface area contributed by atoms with Crippen molar-refractivity contribution in [3.8, 4) is 0 Å². The lowest BCUT2D eigenvalue weighted by Gasteiger charge is -2.32. The fraction of sp³-hybridized carbons (Fsp3) is 0.917. The standard InChI is InChI=1S/C12H24N2O/c1-2-3-6-12(15)14-9-4-5-11(10-14)7-8-13/h11H,2-10,13H2,1H3. The summed E-state index contributed by atoms with van der Waals surface area (Å²) >= 11 is 0. The van der Waals surface area contributed by atoms with Crippen LogP contribution in [0, 0.1) is 5.92 Å². The van der Waals surface area contributed by atoms with Crippen LogP contribution < -0.4 is 5.73 Å². The molecule has 2 N–H and O–H groups in total. The maximum absolute atomic E-state index is 11.8. The van der Waals surface area contributed by atoms with Gasteiger partial charge in [0, 0.05) is 19.5 Å². The van der Waals surface area contributed by atoms with Gasteiger partial charge in [0.05, 0.1) is 0 Å². The third kappa shape index (κ3) is 4.20. The molecule has 15 heavy (non-hydrogen) atoms. The van der Waals surface area contributed by atoms with Gasteiger partial charge in [-0.25, -0.2) is 0 Å². The maximum Gasteiger partial charge on any atom is 0.222 e. The lowest BCUT2D eigenvalue weighted by molar-refractivity contribution is -0.133. The molecular formula is C12H24N2O. The number of carbonyl (C=O) groups is 1. The van der Waals surface area contributed by atoms with Crippen LogP contribution in [0.25, 0.3) is 0 Å². The summed E-state index contributed by atoms with van der Waals surface area (Å²) in [5.41, 5.74) is 5.56. The predicted octanol–water partition coefficient (Wildman–Crippen LogP) is 1.76. The Labute approximate surface area is 93.0 Å². The van der Waals surface area contributed by atoms with Gasteiger partial charge in [0.2, 0.25) is 5.91 Å². The molecule has 0 saturated carbocycles. The fourth-order valence-corrected chi connectivity index (χ4v) is 2.25. The van der Waals surface area contributed by atoms with Crippen molar-refractivity contribution in [3.63, 3.8) is 0 Å². The summed E-state index contributed by atoms with van der Waals surface area (Å²) in [6, 6.07) is 0. The number of amides is 1. The van der Waals surface area contributed by atoms with Gasteiger partial charge in [-0.1, -0.05) is 13.3 Å². The van der Waals surface area contributed by atoms with E-state index in [9.17, 15) is 4.79 Å². The normalized spacial score (nSPS) is 21.7. The van der Waals surface area contributed by atoms with Crippen molar-refractivity contribution < 1.29 is 4.79 Å². The number of carbonyl (C=O) groups excluding carboxylic acids is 1. The predicted molar refractivity (Wildman–Crippen MR) is 62.5 cm³/mol. The minimum atomic E-state index is 0.346. The zero-order valence-corrected chi connectivity index (χ0v) is 9.87. The Morgan fingerprint density at radius 1 is 1.53 bits per heavy atom. The average Bonchev–Trinajstić information content (AvgIpc) is 2.27. The van der Waals surface area contributed by atoms with Crippen LogP contribution in [0.4, 0.5) is 0 Å². The van der Waals surface area contributed by atoms with E-state index in [1.54, 1.807) is 0 Å². The van der Waals surface area contributed by atoms with Crippen LogP contribution >= 0.6 is 0 Å². The number of unbranched alkanes of at least 4 members (excludes halogenated alkanes) is 1. The highest BCUT2D eigenvalue weighted by Gasteiger charge is 2.22. The van der Waals surface area contributed by atoms with Crippen LogP contribution in [0.2, 0.25) is 0 Å². The monoisotopic (exact) mass is 212 g/mol. The summed E-state index contributed by atoms with van der Waals surface area (Å²) in [5.74, 6) is 0.993. The van der Waals surface area contributed by atoms with Crippen LogP contribution in [0.5, 0.6) is 0 Å². The molecule has 1 fully saturated rings. The van der Waals surface area contributed by atoms with Crippen molar-refractivity contribution in [3.05, 3.63) is 0 Å². The Kier molecular flexibility index (Phi) is 5.69. The lowest BCUT2D eigenvalue weighted by Crippen LogP contribution is -2.40. The third-order valence-electron chi connectivity index (χ3n) is 3.19. The van der Waals surface area contributed by atoms with Gasteiger partial charge >= 0.3 is 0 Å². The molecule has 1 saturated heterocycles. The van der Waals surface area contributed by atoms with E-state index in [1.807, 2.05) is 4.90 Å². The zero-order valence-electron chi connectivity index (χ0n) is 9.87. The van der Waals surface area contributed by atoms with Crippen molar-refractivity contribution in [2.75, 3.05) is 19.6 Å². The number of nitrogens with zero attached hydrogens (tertiary/aromatic N) is 1. The quantitative estimate of drug-likeness (QED) is 0.755. The summed E-state index contributed by atoms with van der Waals surface area (Å²) in [7, 11) is 0. The molecule has 1 heterocycles. The molecule has 88 valence electrons. The molecule has 1 amide bonds. The van der Waals surface area contributed by atoms with E-state index in [0.717, 1.165) is 51.7 Å². The fourth-order valence-electron chi connectivity index (χ4n) is 2.25. The minimum absolute atomic E-state index is 0.346. The zero-order chi connectivity index (χ0) is 11.1. The first-order valence-corrected chi connectivity index (χ1v) is 6.25. The van der Waals surface area contributed by atoms with Crippen molar-refractivity contribution in [2.45, 2.75) is 45.4 Å². The molecule has 0 spiro atoms. The Morgan fingerprint density at radius 3 is 3.00 bits per heavy atom. The van der Waals surface area contributed by atoms with Gasteiger partial charge in [-0.3, -0.25) is 4.79 Å². The van der Waals surface area contributed by atoms with E-state index in [1.165, 1.54) is 6.42 Å². The molecule has 1 unspecified atom stereocenters. The molecule has 3 nitrogen and oxygen atoms in total. The molecule has 3 heteroatoms. The van der Waals surface area contributed by atoms with Gasteiger partial charge in [-0.2, -0.15) is 0 Å². The minimum Gasteiger partial charge on any atom is -0.342 e. The highest BCUT2D eigenvalue weighted by atomic mass is 16.2. The maximum atomic E-state index is 11.8. The Morgan fingerprint density at radius 2 is 2.33 bits per heavy atom. The summed E-state index contributed by atoms with van der Waals surface area (Å²) in [6.07, 6.45) is 6.32. The van der Waals surface area contributed by atoms with Gasteiger partial charge in [-0.15, -0.1) is 0 Å². The highest BCUT2D eigenvalue weighted by Crippen LogP contribution is 2.19. The van der Waals surface area contributed by atoms with E-state index in [-0.39, 0.29) is 0 Å². The average molecular weight is 212 g/mol. The van der Waals surface area contributed by atoms with E-state index < -0.39 is 0 Å². The molecule has 0 aromatic rings. The molecule has 0 aliphatic carbocycles. The lowest BCUT2D eigenvalue weighted by atomic mass is 9.94. The largest absolute Gasteiger partial charge is 0.342 e. The number of nitrogens with two attached hydrogens (primary N) is 1. The Bertz CT molecular complexity index is 192. The van der Waals surface area contributed by atoms with Crippen LogP contribution in [-0.4, -0.2) is 30.4 Å². The van der Waals surface area contributed by atoms with Gasteiger partial charge in [0.1, 0.15) is 0 Å². The number of hydrogen-bond donors (Lipinski definition) is 1. The van der Waals surface area contributed by atoms with Gasteiger partial charge < -0.3 is 10.6 Å². The number of piperidine rings is 1. The molecule has 1 aliphatic rings. The first-order valence-electron chi connectivity index (χ1n) is 6.25. The van der Waals surface area contributed by atoms with Crippen LogP contribution in [0.3, 0.4) is 0 Å². The van der Waals surface area contributed by atoms with E-state index in [0.29, 0.717) is 11.8 Å². The van der Waals surface area contributed by atoms with Gasteiger partial charge in [0.25, 0.3) is 0 Å². The van der Waals surface area contributed by atoms with E-state index >= 15 is 0 Å². The van der Waals surface area contributed by atoms with Crippen molar-refractivity contribution in [1.29, 1.82) is 0 Å². The first-order chi connectivity index (χ1) is 7.27. The SMILES string of the molecule is CCCCC(=O)N1CCCC(CCN)C1. The second-order valence-electron chi connectivity index (χ2n) is 4.53. The molecular weight excluding hydrogens is 188 g/mol. The Hall–Kier alpha value is -0.570. The van der Waals surface area contributed by atoms with Crippen molar-refractivity contribution in [1.82, 2.24) is 4.90 Å². The van der Waals surface area contributed by atoms with Gasteiger partial charge in [0.15, 0.2) is 0 Å².